The summed E-state index contributed by atoms with van der Waals surface area (Å²) in [7, 11) is 1.81. The van der Waals surface area contributed by atoms with Gasteiger partial charge in [0.15, 0.2) is 0 Å². The summed E-state index contributed by atoms with van der Waals surface area (Å²) >= 11 is 0. The first-order chi connectivity index (χ1) is 13.6. The van der Waals surface area contributed by atoms with Gasteiger partial charge in [0.05, 0.1) is 12.2 Å². The van der Waals surface area contributed by atoms with Crippen LogP contribution in [0.3, 0.4) is 0 Å². The van der Waals surface area contributed by atoms with Crippen LogP contribution in [-0.4, -0.2) is 60.5 Å². The number of aryl methyl sites for hydroxylation is 1. The van der Waals surface area contributed by atoms with Gasteiger partial charge < -0.3 is 15.1 Å². The molecule has 146 valence electrons. The monoisotopic (exact) mass is 379 g/mol. The molecule has 1 fully saturated rings. The molecule has 1 N–H and O–H groups in total. The van der Waals surface area contributed by atoms with Crippen molar-refractivity contribution in [2.75, 3.05) is 39.8 Å². The van der Waals surface area contributed by atoms with Crippen molar-refractivity contribution in [3.05, 3.63) is 70.4 Å². The molecule has 3 rings (SSSR count). The van der Waals surface area contributed by atoms with E-state index >= 15 is 0 Å². The number of carbonyl (C=O) groups excluding carboxylic acids is 1. The van der Waals surface area contributed by atoms with Crippen molar-refractivity contribution in [3.8, 4) is 0 Å². The summed E-state index contributed by atoms with van der Waals surface area (Å²) in [4.78, 5) is 32.3. The van der Waals surface area contributed by atoms with E-state index in [1.165, 1.54) is 0 Å². The largest absolute Gasteiger partial charge is 0.363 e. The highest BCUT2D eigenvalue weighted by Gasteiger charge is 2.22. The zero-order chi connectivity index (χ0) is 19.9. The second-order valence-corrected chi connectivity index (χ2v) is 6.88. The number of aromatic nitrogens is 1. The van der Waals surface area contributed by atoms with Crippen LogP contribution in [0.2, 0.25) is 0 Å². The molecule has 0 unspecified atom stereocenters. The number of nitrogens with one attached hydrogen (secondary N) is 1. The standard InChI is InChI=1S/C21H25N5O2/c1-16-3-5-17(6-4-16)20(24-28)21(18-7-9-22-10-8-18)25(2)15-19(27)26-13-11-23-12-14-26/h3-10,23H,11-15H2,1-2H3/b21-20-. The summed E-state index contributed by atoms with van der Waals surface area (Å²) < 4.78 is 0. The predicted octanol–water partition coefficient (Wildman–Crippen LogP) is 2.35. The number of pyridine rings is 1. The third-order valence-electron chi connectivity index (χ3n) is 4.82. The van der Waals surface area contributed by atoms with E-state index in [0.29, 0.717) is 30.0 Å². The van der Waals surface area contributed by atoms with Crippen LogP contribution in [0, 0.1) is 11.8 Å². The first kappa shape index (κ1) is 19.7. The topological polar surface area (TPSA) is 77.9 Å². The summed E-state index contributed by atoms with van der Waals surface area (Å²) in [6, 6.07) is 11.3. The lowest BCUT2D eigenvalue weighted by Gasteiger charge is -2.31. The normalized spacial score (nSPS) is 15.0. The Morgan fingerprint density at radius 3 is 2.36 bits per heavy atom. The van der Waals surface area contributed by atoms with E-state index in [4.69, 9.17) is 0 Å². The van der Waals surface area contributed by atoms with Crippen LogP contribution in [-0.2, 0) is 4.79 Å². The van der Waals surface area contributed by atoms with E-state index in [1.807, 2.05) is 55.3 Å². The van der Waals surface area contributed by atoms with Gasteiger partial charge in [0.2, 0.25) is 5.91 Å². The zero-order valence-electron chi connectivity index (χ0n) is 16.3. The van der Waals surface area contributed by atoms with Crippen molar-refractivity contribution in [1.82, 2.24) is 20.1 Å². The number of piperazine rings is 1. The Labute approximate surface area is 165 Å². The lowest BCUT2D eigenvalue weighted by molar-refractivity contribution is -0.132. The van der Waals surface area contributed by atoms with E-state index in [-0.39, 0.29) is 12.5 Å². The minimum atomic E-state index is 0.0321. The van der Waals surface area contributed by atoms with Gasteiger partial charge in [0, 0.05) is 56.7 Å². The molecule has 1 aliphatic rings. The number of benzene rings is 1. The number of amides is 1. The molecule has 0 atom stereocenters. The Balaban J connectivity index is 1.97. The first-order valence-electron chi connectivity index (χ1n) is 9.35. The van der Waals surface area contributed by atoms with Gasteiger partial charge in [-0.05, 0) is 24.2 Å². The molecule has 7 nitrogen and oxygen atoms in total. The number of nitroso groups, excluding NO2 is 1. The number of nitrogens with zero attached hydrogens (tertiary/aromatic N) is 4. The Kier molecular flexibility index (Phi) is 6.49. The number of hydrogen-bond acceptors (Lipinski definition) is 6. The Morgan fingerprint density at radius 2 is 1.75 bits per heavy atom. The van der Waals surface area contributed by atoms with Crippen LogP contribution in [0.1, 0.15) is 16.7 Å². The third-order valence-corrected chi connectivity index (χ3v) is 4.82. The highest BCUT2D eigenvalue weighted by atomic mass is 16.3. The fourth-order valence-electron chi connectivity index (χ4n) is 3.29. The van der Waals surface area contributed by atoms with E-state index in [9.17, 15) is 9.70 Å². The van der Waals surface area contributed by atoms with Crippen LogP contribution in [0.15, 0.2) is 54.0 Å². The molecule has 1 aliphatic heterocycles. The van der Waals surface area contributed by atoms with Gasteiger partial charge in [-0.2, -0.15) is 0 Å². The smallest absolute Gasteiger partial charge is 0.242 e. The molecular weight excluding hydrogens is 354 g/mol. The summed E-state index contributed by atoms with van der Waals surface area (Å²) in [5.74, 6) is 0.0321. The molecule has 0 bridgehead atoms. The molecule has 0 aliphatic carbocycles. The van der Waals surface area contributed by atoms with Crippen LogP contribution < -0.4 is 5.32 Å². The second-order valence-electron chi connectivity index (χ2n) is 6.88. The number of likely N-dealkylation sites (N-methyl/N-ethyl adjacent to an activating group) is 1. The molecule has 0 saturated carbocycles. The first-order valence-corrected chi connectivity index (χ1v) is 9.35. The maximum atomic E-state index is 12.7. The summed E-state index contributed by atoms with van der Waals surface area (Å²) in [6.07, 6.45) is 3.33. The molecule has 7 heteroatoms. The average molecular weight is 379 g/mol. The zero-order valence-corrected chi connectivity index (χ0v) is 16.3. The number of carbonyl (C=O) groups is 1. The van der Waals surface area contributed by atoms with E-state index in [0.717, 1.165) is 24.2 Å². The molecule has 0 spiro atoms. The fraction of sp³-hybridized carbons (Fsp3) is 0.333. The van der Waals surface area contributed by atoms with E-state index < -0.39 is 0 Å². The van der Waals surface area contributed by atoms with E-state index in [1.54, 1.807) is 17.3 Å². The molecule has 2 heterocycles. The highest BCUT2D eigenvalue weighted by Crippen LogP contribution is 2.29. The summed E-state index contributed by atoms with van der Waals surface area (Å²) in [5.41, 5.74) is 3.53. The van der Waals surface area contributed by atoms with Crippen LogP contribution in [0.4, 0.5) is 0 Å². The van der Waals surface area contributed by atoms with Crippen molar-refractivity contribution >= 4 is 17.3 Å². The van der Waals surface area contributed by atoms with Crippen LogP contribution in [0.5, 0.6) is 0 Å². The highest BCUT2D eigenvalue weighted by molar-refractivity contribution is 5.91. The quantitative estimate of drug-likeness (QED) is 0.780. The maximum absolute atomic E-state index is 12.7. The molecule has 0 radical (unpaired) electrons. The van der Waals surface area contributed by atoms with Gasteiger partial charge in [-0.15, -0.1) is 4.91 Å². The van der Waals surface area contributed by atoms with Gasteiger partial charge in [0.1, 0.15) is 5.70 Å². The molecule has 2 aromatic rings. The SMILES string of the molecule is Cc1ccc(/C(N=O)=C(\c2ccncc2)N(C)CC(=O)N2CCNCC2)cc1. The second kappa shape index (κ2) is 9.23. The fourth-order valence-corrected chi connectivity index (χ4v) is 3.29. The van der Waals surface area contributed by atoms with Crippen molar-refractivity contribution < 1.29 is 4.79 Å². The van der Waals surface area contributed by atoms with Gasteiger partial charge in [-0.3, -0.25) is 9.78 Å². The van der Waals surface area contributed by atoms with Crippen molar-refractivity contribution in [2.45, 2.75) is 6.92 Å². The number of hydrogen-bond donors (Lipinski definition) is 1. The third kappa shape index (κ3) is 4.61. The van der Waals surface area contributed by atoms with Gasteiger partial charge in [-0.1, -0.05) is 29.8 Å². The van der Waals surface area contributed by atoms with Crippen molar-refractivity contribution in [3.63, 3.8) is 0 Å². The molecule has 1 saturated heterocycles. The molecular formula is C21H25N5O2. The van der Waals surface area contributed by atoms with Gasteiger partial charge in [0.25, 0.3) is 0 Å². The van der Waals surface area contributed by atoms with Crippen LogP contribution >= 0.6 is 0 Å². The minimum absolute atomic E-state index is 0.0321. The Morgan fingerprint density at radius 1 is 1.11 bits per heavy atom. The Bertz CT molecular complexity index is 843. The molecule has 1 aromatic heterocycles. The predicted molar refractivity (Wildman–Crippen MR) is 110 cm³/mol. The van der Waals surface area contributed by atoms with Gasteiger partial charge in [-0.25, -0.2) is 0 Å². The molecule has 1 amide bonds. The molecule has 28 heavy (non-hydrogen) atoms. The van der Waals surface area contributed by atoms with E-state index in [2.05, 4.69) is 15.5 Å². The minimum Gasteiger partial charge on any atom is -0.363 e. The van der Waals surface area contributed by atoms with Crippen LogP contribution in [0.25, 0.3) is 11.4 Å². The summed E-state index contributed by atoms with van der Waals surface area (Å²) in [5, 5.41) is 6.58. The average Bonchev–Trinajstić information content (AvgIpc) is 2.74. The molecule has 1 aromatic carbocycles. The maximum Gasteiger partial charge on any atom is 0.242 e. The van der Waals surface area contributed by atoms with Crippen molar-refractivity contribution in [2.24, 2.45) is 5.18 Å². The lowest BCUT2D eigenvalue weighted by Crippen LogP contribution is -2.49. The Hall–Kier alpha value is -3.06. The number of rotatable bonds is 6. The summed E-state index contributed by atoms with van der Waals surface area (Å²) in [6.45, 7) is 5.14. The van der Waals surface area contributed by atoms with Crippen molar-refractivity contribution in [1.29, 1.82) is 0 Å². The van der Waals surface area contributed by atoms with Gasteiger partial charge >= 0.3 is 0 Å². The lowest BCUT2D eigenvalue weighted by atomic mass is 10.0.